The lowest BCUT2D eigenvalue weighted by molar-refractivity contribution is -0.105. The molecule has 0 aliphatic carbocycles. The van der Waals surface area contributed by atoms with Crippen molar-refractivity contribution in [1.29, 1.82) is 0 Å². The minimum atomic E-state index is -0.404. The van der Waals surface area contributed by atoms with Gasteiger partial charge in [-0.15, -0.1) is 0 Å². The van der Waals surface area contributed by atoms with Crippen LogP contribution in [0.5, 0.6) is 0 Å². The summed E-state index contributed by atoms with van der Waals surface area (Å²) in [5.74, 6) is 1.82. The number of rotatable bonds is 9. The Bertz CT molecular complexity index is 2930. The van der Waals surface area contributed by atoms with Gasteiger partial charge in [0.05, 0.1) is 27.9 Å². The van der Waals surface area contributed by atoms with Crippen molar-refractivity contribution in [1.82, 2.24) is 24.5 Å². The van der Waals surface area contributed by atoms with Crippen molar-refractivity contribution in [2.24, 2.45) is 0 Å². The summed E-state index contributed by atoms with van der Waals surface area (Å²) in [6, 6.07) is 55.5. The molecule has 0 saturated carbocycles. The van der Waals surface area contributed by atoms with E-state index < -0.39 is 5.60 Å². The second-order valence-corrected chi connectivity index (χ2v) is 16.5. The van der Waals surface area contributed by atoms with E-state index in [0.29, 0.717) is 17.5 Å². The topological polar surface area (TPSA) is 65.7 Å². The molecule has 10 rings (SSSR count). The molecule has 6 nitrogen and oxygen atoms in total. The number of benzene rings is 6. The molecule has 0 radical (unpaired) electrons. The Labute approximate surface area is 345 Å². The molecule has 0 saturated heterocycles. The standard InChI is InChI=1S/C53H45N5O/c1-52(2)44-31-28-39(33-45(44)53(3,4)59-52)48-38(21-15-18-35-16-7-5-8-17-35)32-40(34-54-48)51-56-49(36-19-9-6-10-20-36)55-50(57-51)37-26-29-41(30-27-37)58-46-24-13-11-22-42(46)43-23-12-14-25-47(43)58/h5-14,16-17,19-20,22-34H,15,18,21H2,1-4H3. The summed E-state index contributed by atoms with van der Waals surface area (Å²) in [7, 11) is 0. The van der Waals surface area contributed by atoms with Crippen LogP contribution in [0.1, 0.15) is 56.4 Å². The molecule has 59 heavy (non-hydrogen) atoms. The van der Waals surface area contributed by atoms with Gasteiger partial charge < -0.3 is 9.30 Å². The molecule has 0 fully saturated rings. The number of pyridine rings is 1. The molecule has 4 heterocycles. The molecular weight excluding hydrogens is 723 g/mol. The molecule has 0 bridgehead atoms. The van der Waals surface area contributed by atoms with Crippen LogP contribution in [0.3, 0.4) is 0 Å². The lowest BCUT2D eigenvalue weighted by Gasteiger charge is -2.24. The van der Waals surface area contributed by atoms with Crippen molar-refractivity contribution in [2.75, 3.05) is 0 Å². The monoisotopic (exact) mass is 767 g/mol. The minimum Gasteiger partial charge on any atom is -0.360 e. The Morgan fingerprint density at radius 2 is 1.03 bits per heavy atom. The number of hydrogen-bond donors (Lipinski definition) is 0. The van der Waals surface area contributed by atoms with Gasteiger partial charge >= 0.3 is 0 Å². The highest BCUT2D eigenvalue weighted by Gasteiger charge is 2.43. The summed E-state index contributed by atoms with van der Waals surface area (Å²) in [6.45, 7) is 8.61. The fourth-order valence-corrected chi connectivity index (χ4v) is 8.98. The molecule has 3 aromatic heterocycles. The van der Waals surface area contributed by atoms with Gasteiger partial charge in [0, 0.05) is 44.9 Å². The highest BCUT2D eigenvalue weighted by atomic mass is 16.5. The average Bonchev–Trinajstić information content (AvgIpc) is 3.70. The van der Waals surface area contributed by atoms with Gasteiger partial charge in [0.1, 0.15) is 0 Å². The molecule has 1 aliphatic heterocycles. The zero-order valence-corrected chi connectivity index (χ0v) is 33.9. The Hall–Kier alpha value is -6.76. The predicted octanol–water partition coefficient (Wildman–Crippen LogP) is 12.7. The van der Waals surface area contributed by atoms with Crippen molar-refractivity contribution >= 4 is 21.8 Å². The van der Waals surface area contributed by atoms with Gasteiger partial charge in [0.15, 0.2) is 17.5 Å². The van der Waals surface area contributed by atoms with Crippen molar-refractivity contribution in [2.45, 2.75) is 58.2 Å². The molecule has 0 amide bonds. The number of aromatic nitrogens is 5. The van der Waals surface area contributed by atoms with E-state index in [2.05, 4.69) is 160 Å². The third-order valence-electron chi connectivity index (χ3n) is 11.7. The zero-order valence-electron chi connectivity index (χ0n) is 33.9. The second kappa shape index (κ2) is 14.6. The molecule has 288 valence electrons. The molecule has 1 aliphatic rings. The summed E-state index contributed by atoms with van der Waals surface area (Å²) >= 11 is 0. The number of para-hydroxylation sites is 2. The number of hydrogen-bond acceptors (Lipinski definition) is 5. The van der Waals surface area contributed by atoms with Gasteiger partial charge in [-0.3, -0.25) is 4.98 Å². The third kappa shape index (κ3) is 6.79. The van der Waals surface area contributed by atoms with Gasteiger partial charge in [0.25, 0.3) is 0 Å². The van der Waals surface area contributed by atoms with Gasteiger partial charge in [-0.1, -0.05) is 109 Å². The van der Waals surface area contributed by atoms with E-state index in [-0.39, 0.29) is 5.60 Å². The van der Waals surface area contributed by atoms with Crippen molar-refractivity contribution < 1.29 is 4.74 Å². The normalized spacial score (nSPS) is 14.2. The van der Waals surface area contributed by atoms with E-state index in [1.165, 1.54) is 38.5 Å². The summed E-state index contributed by atoms with van der Waals surface area (Å²) < 4.78 is 8.85. The van der Waals surface area contributed by atoms with E-state index in [9.17, 15) is 0 Å². The van der Waals surface area contributed by atoms with Gasteiger partial charge in [-0.25, -0.2) is 15.0 Å². The molecule has 6 aromatic carbocycles. The molecule has 0 atom stereocenters. The highest BCUT2D eigenvalue weighted by molar-refractivity contribution is 6.09. The number of ether oxygens (including phenoxy) is 1. The maximum absolute atomic E-state index is 6.53. The van der Waals surface area contributed by atoms with Crippen LogP contribution in [0.15, 0.2) is 164 Å². The van der Waals surface area contributed by atoms with E-state index in [1.54, 1.807) is 0 Å². The zero-order chi connectivity index (χ0) is 40.1. The molecule has 0 unspecified atom stereocenters. The number of fused-ring (bicyclic) bond motifs is 4. The first-order valence-corrected chi connectivity index (χ1v) is 20.5. The largest absolute Gasteiger partial charge is 0.360 e. The number of nitrogens with zero attached hydrogens (tertiary/aromatic N) is 5. The molecular formula is C53H45N5O. The average molecular weight is 768 g/mol. The SMILES string of the molecule is CC1(C)OC(C)(C)c2cc(-c3ncc(-c4nc(-c5ccccc5)nc(-c5ccc(-n6c7ccccc7c7ccccc76)cc5)n4)cc3CCCc3ccccc3)ccc21. The maximum Gasteiger partial charge on any atom is 0.165 e. The summed E-state index contributed by atoms with van der Waals surface area (Å²) in [4.78, 5) is 20.5. The fraction of sp³-hybridized carbons (Fsp3) is 0.170. The van der Waals surface area contributed by atoms with Crippen molar-refractivity contribution in [3.63, 3.8) is 0 Å². The summed E-state index contributed by atoms with van der Waals surface area (Å²) in [5.41, 5.74) is 12.3. The van der Waals surface area contributed by atoms with E-state index >= 15 is 0 Å². The van der Waals surface area contributed by atoms with Gasteiger partial charge in [-0.2, -0.15) is 0 Å². The molecule has 9 aromatic rings. The van der Waals surface area contributed by atoms with Crippen LogP contribution >= 0.6 is 0 Å². The van der Waals surface area contributed by atoms with Crippen molar-refractivity contribution in [3.8, 4) is 51.1 Å². The lowest BCUT2D eigenvalue weighted by Crippen LogP contribution is -2.22. The van der Waals surface area contributed by atoms with E-state index in [0.717, 1.165) is 58.5 Å². The molecule has 6 heteroatoms. The van der Waals surface area contributed by atoms with Crippen LogP contribution in [0.2, 0.25) is 0 Å². The fourth-order valence-electron chi connectivity index (χ4n) is 8.98. The molecule has 0 spiro atoms. The van der Waals surface area contributed by atoms with Crippen LogP contribution in [-0.2, 0) is 28.8 Å². The highest BCUT2D eigenvalue weighted by Crippen LogP contribution is 2.48. The van der Waals surface area contributed by atoms with Crippen LogP contribution in [0.25, 0.3) is 72.9 Å². The third-order valence-corrected chi connectivity index (χ3v) is 11.7. The predicted molar refractivity (Wildman–Crippen MR) is 239 cm³/mol. The van der Waals surface area contributed by atoms with E-state index in [1.807, 2.05) is 36.5 Å². The van der Waals surface area contributed by atoms with Gasteiger partial charge in [-0.05, 0) is 118 Å². The quantitative estimate of drug-likeness (QED) is 0.146. The summed E-state index contributed by atoms with van der Waals surface area (Å²) in [5, 5.41) is 2.47. The van der Waals surface area contributed by atoms with E-state index in [4.69, 9.17) is 24.7 Å². The first kappa shape index (κ1) is 36.6. The summed E-state index contributed by atoms with van der Waals surface area (Å²) in [6.07, 6.45) is 4.72. The first-order chi connectivity index (χ1) is 28.7. The van der Waals surface area contributed by atoms with Crippen LogP contribution < -0.4 is 0 Å². The minimum absolute atomic E-state index is 0.356. The second-order valence-electron chi connectivity index (χ2n) is 16.5. The van der Waals surface area contributed by atoms with Crippen LogP contribution in [0.4, 0.5) is 0 Å². The maximum atomic E-state index is 6.53. The Kier molecular flexibility index (Phi) is 9.03. The first-order valence-electron chi connectivity index (χ1n) is 20.5. The lowest BCUT2D eigenvalue weighted by atomic mass is 9.87. The van der Waals surface area contributed by atoms with Gasteiger partial charge in [0.2, 0.25) is 0 Å². The van der Waals surface area contributed by atoms with Crippen LogP contribution in [0, 0.1) is 0 Å². The Morgan fingerprint density at radius 3 is 1.69 bits per heavy atom. The Balaban J connectivity index is 1.07. The number of aryl methyl sites for hydroxylation is 2. The Morgan fingerprint density at radius 1 is 0.492 bits per heavy atom. The van der Waals surface area contributed by atoms with Crippen molar-refractivity contribution in [3.05, 3.63) is 186 Å². The van der Waals surface area contributed by atoms with Crippen LogP contribution in [-0.4, -0.2) is 24.5 Å². The smallest absolute Gasteiger partial charge is 0.165 e. The molecule has 0 N–H and O–H groups in total.